The van der Waals surface area contributed by atoms with E-state index in [1.165, 1.54) is 11.8 Å². The molecule has 3 rings (SSSR count). The highest BCUT2D eigenvalue weighted by Crippen LogP contribution is 2.30. The van der Waals surface area contributed by atoms with Crippen molar-refractivity contribution in [2.75, 3.05) is 5.32 Å². The van der Waals surface area contributed by atoms with Gasteiger partial charge >= 0.3 is 6.09 Å². The zero-order chi connectivity index (χ0) is 18.7. The standard InChI is InChI=1S/C19H19N3O3S/c1-19(2,3)25-18(24)20-12-8-10-13(11-9-12)26-17-15-7-5-4-6-14(15)16(23)21-22-17/h4-11H,1-3H3,(H,20,24)(H,21,23). The average molecular weight is 369 g/mol. The maximum Gasteiger partial charge on any atom is 0.412 e. The number of ether oxygens (including phenoxy) is 1. The Morgan fingerprint density at radius 2 is 1.73 bits per heavy atom. The number of carbonyl (C=O) groups excluding carboxylic acids is 1. The Bertz CT molecular complexity index is 991. The molecular weight excluding hydrogens is 350 g/mol. The van der Waals surface area contributed by atoms with Crippen LogP contribution >= 0.6 is 11.8 Å². The molecule has 0 fully saturated rings. The van der Waals surface area contributed by atoms with Gasteiger partial charge in [-0.3, -0.25) is 10.1 Å². The summed E-state index contributed by atoms with van der Waals surface area (Å²) in [6.45, 7) is 5.44. The highest BCUT2D eigenvalue weighted by atomic mass is 32.2. The molecule has 6 nitrogen and oxygen atoms in total. The van der Waals surface area contributed by atoms with E-state index in [2.05, 4.69) is 15.5 Å². The largest absolute Gasteiger partial charge is 0.444 e. The monoisotopic (exact) mass is 369 g/mol. The molecule has 0 saturated heterocycles. The molecule has 0 radical (unpaired) electrons. The van der Waals surface area contributed by atoms with Gasteiger partial charge in [-0.15, -0.1) is 0 Å². The van der Waals surface area contributed by atoms with Crippen LogP contribution < -0.4 is 10.9 Å². The first kappa shape index (κ1) is 18.0. The van der Waals surface area contributed by atoms with Crippen molar-refractivity contribution in [1.29, 1.82) is 0 Å². The topological polar surface area (TPSA) is 84.1 Å². The van der Waals surface area contributed by atoms with Crippen molar-refractivity contribution in [1.82, 2.24) is 10.2 Å². The normalized spacial score (nSPS) is 11.3. The van der Waals surface area contributed by atoms with Crippen LogP contribution in [0.15, 0.2) is 63.2 Å². The van der Waals surface area contributed by atoms with Crippen molar-refractivity contribution >= 4 is 34.3 Å². The number of rotatable bonds is 3. The average Bonchev–Trinajstić information content (AvgIpc) is 2.58. The van der Waals surface area contributed by atoms with E-state index >= 15 is 0 Å². The van der Waals surface area contributed by atoms with Gasteiger partial charge in [-0.25, -0.2) is 9.89 Å². The van der Waals surface area contributed by atoms with Crippen LogP contribution in [-0.2, 0) is 4.74 Å². The smallest absolute Gasteiger partial charge is 0.412 e. The fourth-order valence-corrected chi connectivity index (χ4v) is 3.18. The van der Waals surface area contributed by atoms with Crippen LogP contribution in [0.25, 0.3) is 10.8 Å². The molecule has 2 aromatic carbocycles. The second kappa shape index (κ2) is 7.21. The molecule has 2 N–H and O–H groups in total. The number of benzene rings is 2. The second-order valence-electron chi connectivity index (χ2n) is 6.66. The van der Waals surface area contributed by atoms with E-state index in [1.807, 2.05) is 51.1 Å². The number of fused-ring (bicyclic) bond motifs is 1. The van der Waals surface area contributed by atoms with Crippen LogP contribution in [-0.4, -0.2) is 21.9 Å². The quantitative estimate of drug-likeness (QED) is 0.714. The van der Waals surface area contributed by atoms with Crippen LogP contribution in [0.1, 0.15) is 20.8 Å². The first-order valence-electron chi connectivity index (χ1n) is 8.07. The maximum absolute atomic E-state index is 11.9. The number of aromatic amines is 1. The third-order valence-corrected chi connectivity index (χ3v) is 4.39. The lowest BCUT2D eigenvalue weighted by Gasteiger charge is -2.19. The first-order chi connectivity index (χ1) is 12.3. The van der Waals surface area contributed by atoms with Crippen LogP contribution in [0.2, 0.25) is 0 Å². The second-order valence-corrected chi connectivity index (χ2v) is 7.72. The van der Waals surface area contributed by atoms with Crippen molar-refractivity contribution in [2.45, 2.75) is 36.3 Å². The van der Waals surface area contributed by atoms with Crippen molar-refractivity contribution in [3.05, 3.63) is 58.9 Å². The van der Waals surface area contributed by atoms with E-state index in [-0.39, 0.29) is 5.56 Å². The Morgan fingerprint density at radius 1 is 1.08 bits per heavy atom. The number of H-pyrrole nitrogens is 1. The highest BCUT2D eigenvalue weighted by molar-refractivity contribution is 7.99. The number of hydrogen-bond donors (Lipinski definition) is 2. The molecule has 1 heterocycles. The third-order valence-electron chi connectivity index (χ3n) is 3.38. The van der Waals surface area contributed by atoms with Gasteiger partial charge < -0.3 is 4.74 Å². The van der Waals surface area contributed by atoms with Gasteiger partial charge in [-0.2, -0.15) is 5.10 Å². The molecule has 0 aliphatic carbocycles. The molecule has 7 heteroatoms. The Kier molecular flexibility index (Phi) is 4.99. The van der Waals surface area contributed by atoms with Crippen molar-refractivity contribution in [2.24, 2.45) is 0 Å². The molecular formula is C19H19N3O3S. The molecule has 0 saturated carbocycles. The van der Waals surface area contributed by atoms with Crippen LogP contribution in [0.3, 0.4) is 0 Å². The van der Waals surface area contributed by atoms with Gasteiger partial charge in [0.05, 0.1) is 5.39 Å². The molecule has 0 unspecified atom stereocenters. The van der Waals surface area contributed by atoms with E-state index < -0.39 is 11.7 Å². The number of hydrogen-bond acceptors (Lipinski definition) is 5. The lowest BCUT2D eigenvalue weighted by Crippen LogP contribution is -2.27. The maximum atomic E-state index is 11.9. The number of aromatic nitrogens is 2. The van der Waals surface area contributed by atoms with E-state index in [1.54, 1.807) is 18.2 Å². The molecule has 3 aromatic rings. The van der Waals surface area contributed by atoms with Gasteiger partial charge in [0.25, 0.3) is 5.56 Å². The Balaban J connectivity index is 1.75. The minimum atomic E-state index is -0.545. The molecule has 0 spiro atoms. The molecule has 134 valence electrons. The van der Waals surface area contributed by atoms with E-state index in [0.29, 0.717) is 16.1 Å². The van der Waals surface area contributed by atoms with E-state index in [0.717, 1.165) is 10.3 Å². The van der Waals surface area contributed by atoms with Gasteiger partial charge in [0.1, 0.15) is 10.6 Å². The molecule has 0 aliphatic heterocycles. The summed E-state index contributed by atoms with van der Waals surface area (Å²) in [5.74, 6) is 0. The van der Waals surface area contributed by atoms with Gasteiger partial charge in [-0.1, -0.05) is 30.0 Å². The van der Waals surface area contributed by atoms with Gasteiger partial charge in [-0.05, 0) is 51.1 Å². The van der Waals surface area contributed by atoms with Gasteiger partial charge in [0, 0.05) is 16.0 Å². The summed E-state index contributed by atoms with van der Waals surface area (Å²) in [6.07, 6.45) is -0.494. The summed E-state index contributed by atoms with van der Waals surface area (Å²) >= 11 is 1.44. The van der Waals surface area contributed by atoms with E-state index in [4.69, 9.17) is 4.74 Å². The van der Waals surface area contributed by atoms with Gasteiger partial charge in [0.2, 0.25) is 0 Å². The Hall–Kier alpha value is -2.80. The van der Waals surface area contributed by atoms with Crippen molar-refractivity contribution < 1.29 is 9.53 Å². The first-order valence-corrected chi connectivity index (χ1v) is 8.89. The highest BCUT2D eigenvalue weighted by Gasteiger charge is 2.16. The summed E-state index contributed by atoms with van der Waals surface area (Å²) in [5, 5.41) is 11.5. The number of anilines is 1. The summed E-state index contributed by atoms with van der Waals surface area (Å²) in [6, 6.07) is 14.7. The fraction of sp³-hybridized carbons (Fsp3) is 0.211. The summed E-state index contributed by atoms with van der Waals surface area (Å²) in [5.41, 5.74) is -0.110. The molecule has 1 aromatic heterocycles. The predicted octanol–water partition coefficient (Wildman–Crippen LogP) is 4.42. The minimum absolute atomic E-state index is 0.207. The van der Waals surface area contributed by atoms with Gasteiger partial charge in [0.15, 0.2) is 0 Å². The summed E-state index contributed by atoms with van der Waals surface area (Å²) in [7, 11) is 0. The molecule has 26 heavy (non-hydrogen) atoms. The number of carbonyl (C=O) groups is 1. The van der Waals surface area contributed by atoms with Crippen LogP contribution in [0.4, 0.5) is 10.5 Å². The number of amides is 1. The lowest BCUT2D eigenvalue weighted by atomic mass is 10.2. The number of nitrogens with zero attached hydrogens (tertiary/aromatic N) is 1. The van der Waals surface area contributed by atoms with Crippen LogP contribution in [0.5, 0.6) is 0 Å². The predicted molar refractivity (Wildman–Crippen MR) is 103 cm³/mol. The Morgan fingerprint density at radius 3 is 2.38 bits per heavy atom. The molecule has 1 amide bonds. The zero-order valence-electron chi connectivity index (χ0n) is 14.7. The minimum Gasteiger partial charge on any atom is -0.444 e. The summed E-state index contributed by atoms with van der Waals surface area (Å²) in [4.78, 5) is 24.6. The lowest BCUT2D eigenvalue weighted by molar-refractivity contribution is 0.0636. The molecule has 0 aliphatic rings. The fourth-order valence-electron chi connectivity index (χ4n) is 2.31. The van der Waals surface area contributed by atoms with Crippen molar-refractivity contribution in [3.8, 4) is 0 Å². The SMILES string of the molecule is CC(C)(C)OC(=O)Nc1ccc(Sc2n[nH]c(=O)c3ccccc23)cc1. The van der Waals surface area contributed by atoms with E-state index in [9.17, 15) is 9.59 Å². The summed E-state index contributed by atoms with van der Waals surface area (Å²) < 4.78 is 5.23. The zero-order valence-corrected chi connectivity index (χ0v) is 15.5. The Labute approximate surface area is 155 Å². The molecule has 0 atom stereocenters. The van der Waals surface area contributed by atoms with Crippen molar-refractivity contribution in [3.63, 3.8) is 0 Å². The molecule has 0 bridgehead atoms. The van der Waals surface area contributed by atoms with Crippen LogP contribution in [0, 0.1) is 0 Å². The number of nitrogens with one attached hydrogen (secondary N) is 2. The third kappa shape index (κ3) is 4.43.